The van der Waals surface area contributed by atoms with E-state index in [9.17, 15) is 9.59 Å². The lowest BCUT2D eigenvalue weighted by Crippen LogP contribution is -2.23. The molecule has 1 unspecified atom stereocenters. The third-order valence-corrected chi connectivity index (χ3v) is 6.97. The number of anilines is 1. The second-order valence-corrected chi connectivity index (χ2v) is 9.67. The number of nitrogens with zero attached hydrogens (tertiary/aromatic N) is 4. The molecule has 0 saturated carbocycles. The molecule has 0 aliphatic heterocycles. The Hall–Kier alpha value is -3.24. The van der Waals surface area contributed by atoms with Crippen LogP contribution in [-0.2, 0) is 9.53 Å². The number of hydrogen-bond acceptors (Lipinski definition) is 8. The van der Waals surface area contributed by atoms with Crippen molar-refractivity contribution in [3.63, 3.8) is 0 Å². The minimum absolute atomic E-state index is 0.249. The van der Waals surface area contributed by atoms with Crippen LogP contribution < -0.4 is 5.32 Å². The zero-order valence-electron chi connectivity index (χ0n) is 18.7. The van der Waals surface area contributed by atoms with Crippen LogP contribution in [0.5, 0.6) is 0 Å². The number of aromatic nitrogens is 4. The van der Waals surface area contributed by atoms with Gasteiger partial charge in [0.2, 0.25) is 5.91 Å². The number of hydrogen-bond donors (Lipinski definition) is 1. The molecule has 1 amide bonds. The molecule has 0 radical (unpaired) electrons. The molecule has 1 aromatic carbocycles. The van der Waals surface area contributed by atoms with Crippen LogP contribution in [0, 0.1) is 13.8 Å². The Morgan fingerprint density at radius 3 is 2.67 bits per heavy atom. The lowest BCUT2D eigenvalue weighted by molar-refractivity contribution is -0.115. The van der Waals surface area contributed by atoms with E-state index in [4.69, 9.17) is 4.74 Å². The Kier molecular flexibility index (Phi) is 6.75. The molecule has 4 aromatic rings. The number of thioether (sulfide) groups is 1. The summed E-state index contributed by atoms with van der Waals surface area (Å²) in [4.78, 5) is 30.9. The van der Waals surface area contributed by atoms with Gasteiger partial charge >= 0.3 is 5.97 Å². The normalized spacial score (nSPS) is 12.0. The van der Waals surface area contributed by atoms with Crippen molar-refractivity contribution in [1.82, 2.24) is 19.6 Å². The molecule has 0 fully saturated rings. The van der Waals surface area contributed by atoms with Crippen molar-refractivity contribution < 1.29 is 14.3 Å². The van der Waals surface area contributed by atoms with Gasteiger partial charge in [-0.05, 0) is 39.3 Å². The first kappa shape index (κ1) is 22.9. The van der Waals surface area contributed by atoms with Crippen molar-refractivity contribution >= 4 is 45.6 Å². The Morgan fingerprint density at radius 1 is 1.18 bits per heavy atom. The van der Waals surface area contributed by atoms with Gasteiger partial charge in [-0.2, -0.15) is 0 Å². The summed E-state index contributed by atoms with van der Waals surface area (Å²) in [5, 5.41) is 11.9. The molecule has 0 aliphatic rings. The highest BCUT2D eigenvalue weighted by atomic mass is 32.2. The Morgan fingerprint density at radius 2 is 1.94 bits per heavy atom. The number of benzene rings is 1. The zero-order valence-corrected chi connectivity index (χ0v) is 20.3. The highest BCUT2D eigenvalue weighted by molar-refractivity contribution is 8.00. The van der Waals surface area contributed by atoms with Crippen molar-refractivity contribution in [3.8, 4) is 10.4 Å². The number of rotatable bonds is 7. The average molecular weight is 482 g/mol. The van der Waals surface area contributed by atoms with E-state index in [2.05, 4.69) is 20.5 Å². The highest BCUT2D eigenvalue weighted by Gasteiger charge is 2.24. The van der Waals surface area contributed by atoms with Crippen LogP contribution in [0.4, 0.5) is 5.00 Å². The van der Waals surface area contributed by atoms with Crippen LogP contribution in [-0.4, -0.2) is 43.3 Å². The minimum atomic E-state index is -0.490. The highest BCUT2D eigenvalue weighted by Crippen LogP contribution is 2.36. The summed E-state index contributed by atoms with van der Waals surface area (Å²) in [6, 6.07) is 13.3. The molecule has 0 spiro atoms. The van der Waals surface area contributed by atoms with Gasteiger partial charge in [0, 0.05) is 16.6 Å². The van der Waals surface area contributed by atoms with Gasteiger partial charge in [0.15, 0.2) is 10.8 Å². The topological polar surface area (TPSA) is 98.5 Å². The molecular formula is C23H23N5O3S2. The molecule has 3 heterocycles. The van der Waals surface area contributed by atoms with Gasteiger partial charge in [-0.25, -0.2) is 9.78 Å². The van der Waals surface area contributed by atoms with Gasteiger partial charge in [0.1, 0.15) is 10.8 Å². The molecule has 170 valence electrons. The molecule has 33 heavy (non-hydrogen) atoms. The van der Waals surface area contributed by atoms with Crippen LogP contribution in [0.25, 0.3) is 16.1 Å². The molecule has 3 aromatic heterocycles. The fourth-order valence-electron chi connectivity index (χ4n) is 3.29. The number of esters is 1. The molecular weight excluding hydrogens is 458 g/mol. The summed E-state index contributed by atoms with van der Waals surface area (Å²) in [5.74, 6) is 0.0361. The van der Waals surface area contributed by atoms with Crippen LogP contribution in [0.2, 0.25) is 0 Å². The van der Waals surface area contributed by atoms with E-state index in [1.165, 1.54) is 23.1 Å². The van der Waals surface area contributed by atoms with Gasteiger partial charge in [0.05, 0.1) is 17.4 Å². The maximum absolute atomic E-state index is 13.0. The number of carbonyl (C=O) groups excluding carboxylic acids is 2. The predicted octanol–water partition coefficient (Wildman–Crippen LogP) is 4.77. The van der Waals surface area contributed by atoms with Gasteiger partial charge < -0.3 is 10.1 Å². The fraction of sp³-hybridized carbons (Fsp3) is 0.261. The number of thiophene rings is 1. The first-order valence-corrected chi connectivity index (χ1v) is 12.1. The van der Waals surface area contributed by atoms with E-state index < -0.39 is 11.2 Å². The second kappa shape index (κ2) is 9.72. The van der Waals surface area contributed by atoms with Gasteiger partial charge in [-0.1, -0.05) is 42.1 Å². The molecule has 8 nitrogen and oxygen atoms in total. The molecule has 0 bridgehead atoms. The summed E-state index contributed by atoms with van der Waals surface area (Å²) >= 11 is 2.62. The van der Waals surface area contributed by atoms with E-state index >= 15 is 0 Å². The van der Waals surface area contributed by atoms with Crippen LogP contribution in [0.3, 0.4) is 0 Å². The van der Waals surface area contributed by atoms with Gasteiger partial charge in [0.25, 0.3) is 0 Å². The van der Waals surface area contributed by atoms with Crippen molar-refractivity contribution in [2.24, 2.45) is 0 Å². The SMILES string of the molecule is CCOC(=O)c1cc(-c2ccccc2)sc1NC(=O)C(C)Sc1nnc2cc(C)nc(C)n12. The average Bonchev–Trinajstić information content (AvgIpc) is 3.39. The molecule has 10 heteroatoms. The fourth-order valence-corrected chi connectivity index (χ4v) is 5.25. The predicted molar refractivity (Wildman–Crippen MR) is 130 cm³/mol. The van der Waals surface area contributed by atoms with E-state index in [1.54, 1.807) is 19.9 Å². The lowest BCUT2D eigenvalue weighted by atomic mass is 10.1. The quantitative estimate of drug-likeness (QED) is 0.300. The molecule has 1 N–H and O–H groups in total. The number of carbonyl (C=O) groups is 2. The Bertz CT molecular complexity index is 1320. The second-order valence-electron chi connectivity index (χ2n) is 7.31. The number of nitrogens with one attached hydrogen (secondary N) is 1. The van der Waals surface area contributed by atoms with Crippen molar-refractivity contribution in [1.29, 1.82) is 0 Å². The maximum Gasteiger partial charge on any atom is 0.341 e. The van der Waals surface area contributed by atoms with E-state index in [1.807, 2.05) is 54.6 Å². The smallest absolute Gasteiger partial charge is 0.341 e. The maximum atomic E-state index is 13.0. The third kappa shape index (κ3) is 4.91. The number of fused-ring (bicyclic) bond motifs is 1. The van der Waals surface area contributed by atoms with E-state index in [0.717, 1.165) is 22.0 Å². The number of amides is 1. The molecule has 4 rings (SSSR count). The van der Waals surface area contributed by atoms with Crippen LogP contribution in [0.1, 0.15) is 35.7 Å². The van der Waals surface area contributed by atoms with Gasteiger partial charge in [-0.15, -0.1) is 21.5 Å². The van der Waals surface area contributed by atoms with E-state index in [0.29, 0.717) is 21.4 Å². The van der Waals surface area contributed by atoms with Crippen LogP contribution in [0.15, 0.2) is 47.6 Å². The summed E-state index contributed by atoms with van der Waals surface area (Å²) in [7, 11) is 0. The van der Waals surface area contributed by atoms with Crippen molar-refractivity contribution in [2.75, 3.05) is 11.9 Å². The van der Waals surface area contributed by atoms with Crippen LogP contribution >= 0.6 is 23.1 Å². The summed E-state index contributed by atoms with van der Waals surface area (Å²) in [6.07, 6.45) is 0. The van der Waals surface area contributed by atoms with Crippen molar-refractivity contribution in [2.45, 2.75) is 38.1 Å². The summed E-state index contributed by atoms with van der Waals surface area (Å²) in [5.41, 5.74) is 2.84. The zero-order chi connectivity index (χ0) is 23.5. The Balaban J connectivity index is 1.57. The standard InChI is InChI=1S/C23H23N5O3S2/c1-5-31-22(30)17-12-18(16-9-7-6-8-10-16)33-21(17)25-20(29)14(3)32-23-27-26-19-11-13(2)24-15(4)28(19)23/h6-12,14H,5H2,1-4H3,(H,25,29). The first-order valence-electron chi connectivity index (χ1n) is 10.4. The first-order chi connectivity index (χ1) is 15.9. The molecule has 0 aliphatic carbocycles. The van der Waals surface area contributed by atoms with E-state index in [-0.39, 0.29) is 12.5 Å². The third-order valence-electron chi connectivity index (χ3n) is 4.83. The summed E-state index contributed by atoms with van der Waals surface area (Å²) < 4.78 is 7.02. The lowest BCUT2D eigenvalue weighted by Gasteiger charge is -2.11. The van der Waals surface area contributed by atoms with Crippen molar-refractivity contribution in [3.05, 3.63) is 59.5 Å². The minimum Gasteiger partial charge on any atom is -0.462 e. The van der Waals surface area contributed by atoms with Gasteiger partial charge in [-0.3, -0.25) is 9.20 Å². The molecule has 1 atom stereocenters. The summed E-state index contributed by atoms with van der Waals surface area (Å²) in [6.45, 7) is 7.56. The largest absolute Gasteiger partial charge is 0.462 e. The Labute approximate surface area is 199 Å². The molecule has 0 saturated heterocycles. The number of aryl methyl sites for hydroxylation is 2. The number of ether oxygens (including phenoxy) is 1. The monoisotopic (exact) mass is 481 g/mol.